The van der Waals surface area contributed by atoms with E-state index in [4.69, 9.17) is 28.4 Å². The molecule has 4 heterocycles. The van der Waals surface area contributed by atoms with E-state index in [1.54, 1.807) is 11.0 Å². The van der Waals surface area contributed by atoms with Crippen LogP contribution in [0.3, 0.4) is 0 Å². The number of fused-ring (bicyclic) bond motifs is 2. The summed E-state index contributed by atoms with van der Waals surface area (Å²) in [7, 11) is -4.22. The zero-order valence-electron chi connectivity index (χ0n) is 29.0. The summed E-state index contributed by atoms with van der Waals surface area (Å²) >= 11 is 0. The molecule has 2 aromatic rings. The molecule has 15 nitrogen and oxygen atoms in total. The summed E-state index contributed by atoms with van der Waals surface area (Å²) in [6.45, 7) is 6.46. The fourth-order valence-electron chi connectivity index (χ4n) is 6.73. The summed E-state index contributed by atoms with van der Waals surface area (Å²) in [6.07, 6.45) is -1.63. The zero-order chi connectivity index (χ0) is 36.0. The lowest BCUT2D eigenvalue weighted by Crippen LogP contribution is -2.52. The fourth-order valence-corrected chi connectivity index (χ4v) is 8.40. The second-order valence-corrected chi connectivity index (χ2v) is 16.0. The van der Waals surface area contributed by atoms with Crippen molar-refractivity contribution in [1.82, 2.24) is 19.8 Å². The van der Waals surface area contributed by atoms with Crippen molar-refractivity contribution < 1.29 is 51.5 Å². The van der Waals surface area contributed by atoms with Crippen LogP contribution < -0.4 is 20.1 Å². The molecule has 0 unspecified atom stereocenters. The van der Waals surface area contributed by atoms with Gasteiger partial charge < -0.3 is 49.1 Å². The van der Waals surface area contributed by atoms with Crippen LogP contribution in [0.15, 0.2) is 53.4 Å². The van der Waals surface area contributed by atoms with Gasteiger partial charge in [0.2, 0.25) is 16.8 Å². The molecule has 6 rings (SSSR count). The van der Waals surface area contributed by atoms with E-state index in [-0.39, 0.29) is 49.8 Å². The molecular weight excluding hydrogens is 684 g/mol. The number of ether oxygens (including phenoxy) is 6. The van der Waals surface area contributed by atoms with Crippen molar-refractivity contribution in [3.63, 3.8) is 0 Å². The number of nitrogens with zero attached hydrogens (tertiary/aromatic N) is 2. The molecule has 0 spiro atoms. The van der Waals surface area contributed by atoms with Crippen LogP contribution in [0.4, 0.5) is 9.59 Å². The maximum Gasteiger partial charge on any atom is 0.407 e. The highest BCUT2D eigenvalue weighted by molar-refractivity contribution is 7.89. The second-order valence-electron chi connectivity index (χ2n) is 14.0. The van der Waals surface area contributed by atoms with Crippen molar-refractivity contribution in [3.05, 3.63) is 54.1 Å². The van der Waals surface area contributed by atoms with Gasteiger partial charge in [0.25, 0.3) is 0 Å². The van der Waals surface area contributed by atoms with E-state index in [1.165, 1.54) is 16.4 Å². The normalized spacial score (nSPS) is 22.7. The Morgan fingerprint density at radius 1 is 1.06 bits per heavy atom. The first kappa shape index (κ1) is 37.1. The number of benzene rings is 2. The fraction of sp³-hybridized carbons (Fsp3) is 0.600. The van der Waals surface area contributed by atoms with Crippen LogP contribution in [-0.4, -0.2) is 125 Å². The van der Waals surface area contributed by atoms with Crippen molar-refractivity contribution in [3.8, 4) is 11.5 Å². The number of hydrogen-bond donors (Lipinski definition) is 3. The molecule has 3 N–H and O–H groups in total. The summed E-state index contributed by atoms with van der Waals surface area (Å²) in [4.78, 5) is 27.6. The molecular formula is C35H48N4O11S. The summed E-state index contributed by atoms with van der Waals surface area (Å²) in [5.74, 6) is 0.668. The molecule has 2 aromatic carbocycles. The molecule has 0 bridgehead atoms. The average molecular weight is 733 g/mol. The number of rotatable bonds is 14. The first-order valence-electron chi connectivity index (χ1n) is 17.4. The van der Waals surface area contributed by atoms with Crippen molar-refractivity contribution in [2.45, 2.75) is 62.5 Å². The Kier molecular flexibility index (Phi) is 11.9. The van der Waals surface area contributed by atoms with E-state index in [1.807, 2.05) is 44.2 Å². The lowest BCUT2D eigenvalue weighted by Gasteiger charge is -2.35. The number of hydrogen-bond acceptors (Lipinski definition) is 11. The van der Waals surface area contributed by atoms with Crippen molar-refractivity contribution >= 4 is 22.1 Å². The minimum atomic E-state index is -4.22. The Morgan fingerprint density at radius 2 is 1.82 bits per heavy atom. The quantitative estimate of drug-likeness (QED) is 0.260. The van der Waals surface area contributed by atoms with Crippen LogP contribution in [0.1, 0.15) is 32.3 Å². The molecule has 0 radical (unpaired) electrons. The topological polar surface area (TPSA) is 174 Å². The van der Waals surface area contributed by atoms with Crippen LogP contribution in [0.5, 0.6) is 11.5 Å². The summed E-state index contributed by atoms with van der Waals surface area (Å²) in [5, 5.41) is 17.6. The summed E-state index contributed by atoms with van der Waals surface area (Å²) in [6, 6.07) is 12.6. The number of sulfonamides is 1. The predicted octanol–water partition coefficient (Wildman–Crippen LogP) is 2.32. The predicted molar refractivity (Wildman–Crippen MR) is 183 cm³/mol. The van der Waals surface area contributed by atoms with Gasteiger partial charge in [-0.05, 0) is 42.4 Å². The largest absolute Gasteiger partial charge is 0.454 e. The Morgan fingerprint density at radius 3 is 2.61 bits per heavy atom. The number of carbonyl (C=O) groups excluding carboxylic acids is 2. The Hall–Kier alpha value is -3.67. The van der Waals surface area contributed by atoms with Crippen LogP contribution >= 0.6 is 0 Å². The number of urea groups is 1. The van der Waals surface area contributed by atoms with Crippen molar-refractivity contribution in [2.24, 2.45) is 11.3 Å². The molecule has 3 amide bonds. The van der Waals surface area contributed by atoms with Gasteiger partial charge in [0, 0.05) is 38.8 Å². The number of alkyl carbamates (subject to hydrolysis) is 1. The number of morpholine rings is 1. The Balaban J connectivity index is 1.19. The molecule has 3 saturated heterocycles. The lowest BCUT2D eigenvalue weighted by molar-refractivity contribution is -0.0907. The SMILES string of the molecule is CC(C)(CCNC(=O)N1CCOCC1)CN(C[C@@H](O)[C@H](Cc1ccccc1)NC(=O)O[C@H]1CO[C@H]2OCC[C@H]21)S(=O)(=O)c1ccc2c(c1)OCO2. The van der Waals surface area contributed by atoms with Gasteiger partial charge in [-0.3, -0.25) is 0 Å². The average Bonchev–Trinajstić information content (AvgIpc) is 3.87. The molecule has 51 heavy (non-hydrogen) atoms. The number of aliphatic hydroxyl groups excluding tert-OH is 1. The van der Waals surface area contributed by atoms with Crippen molar-refractivity contribution in [1.29, 1.82) is 0 Å². The van der Waals surface area contributed by atoms with Crippen LogP contribution in [0.25, 0.3) is 0 Å². The van der Waals surface area contributed by atoms with E-state index in [9.17, 15) is 23.1 Å². The molecule has 4 aliphatic heterocycles. The highest BCUT2D eigenvalue weighted by Gasteiger charge is 2.44. The highest BCUT2D eigenvalue weighted by Crippen LogP contribution is 2.36. The Bertz CT molecular complexity index is 1610. The first-order valence-corrected chi connectivity index (χ1v) is 18.9. The zero-order valence-corrected chi connectivity index (χ0v) is 29.8. The summed E-state index contributed by atoms with van der Waals surface area (Å²) < 4.78 is 63.1. The number of amides is 3. The smallest absolute Gasteiger partial charge is 0.407 e. The third kappa shape index (κ3) is 9.42. The number of carbonyl (C=O) groups is 2. The molecule has 280 valence electrons. The Labute approximate surface area is 298 Å². The van der Waals surface area contributed by atoms with Gasteiger partial charge in [0.05, 0.1) is 49.4 Å². The monoisotopic (exact) mass is 732 g/mol. The summed E-state index contributed by atoms with van der Waals surface area (Å²) in [5.41, 5.74) is 0.183. The minimum Gasteiger partial charge on any atom is -0.454 e. The lowest BCUT2D eigenvalue weighted by atomic mass is 9.89. The van der Waals surface area contributed by atoms with E-state index in [2.05, 4.69) is 10.6 Å². The van der Waals surface area contributed by atoms with Gasteiger partial charge in [-0.15, -0.1) is 0 Å². The van der Waals surface area contributed by atoms with E-state index in [0.717, 1.165) is 5.56 Å². The van der Waals surface area contributed by atoms with Gasteiger partial charge in [-0.25, -0.2) is 18.0 Å². The number of nitrogens with one attached hydrogen (secondary N) is 2. The van der Waals surface area contributed by atoms with E-state index >= 15 is 0 Å². The van der Waals surface area contributed by atoms with E-state index < -0.39 is 46.1 Å². The highest BCUT2D eigenvalue weighted by atomic mass is 32.2. The van der Waals surface area contributed by atoms with Gasteiger partial charge in [0.1, 0.15) is 6.10 Å². The van der Waals surface area contributed by atoms with Crippen LogP contribution in [0, 0.1) is 11.3 Å². The molecule has 16 heteroatoms. The third-order valence-corrected chi connectivity index (χ3v) is 11.5. The second kappa shape index (κ2) is 16.3. The molecule has 4 aliphatic rings. The van der Waals surface area contributed by atoms with Gasteiger partial charge in [0.15, 0.2) is 17.8 Å². The van der Waals surface area contributed by atoms with Crippen LogP contribution in [0.2, 0.25) is 0 Å². The first-order chi connectivity index (χ1) is 24.5. The van der Waals surface area contributed by atoms with Gasteiger partial charge >= 0.3 is 12.1 Å². The van der Waals surface area contributed by atoms with Crippen molar-refractivity contribution in [2.75, 3.05) is 65.9 Å². The maximum atomic E-state index is 14.4. The van der Waals surface area contributed by atoms with Crippen LogP contribution in [-0.2, 0) is 35.4 Å². The minimum absolute atomic E-state index is 0.000749. The molecule has 3 fully saturated rings. The maximum absolute atomic E-state index is 14.4. The standard InChI is InChI=1S/C35H48N4O11S/c1-35(2,11-12-36-33(41)38-13-16-45-17-14-38)22-39(51(43,44)25-8-9-29-30(19-25)49-23-48-29)20-28(40)27(18-24-6-4-3-5-7-24)37-34(42)50-31-21-47-32-26(31)10-15-46-32/h3-9,19,26-28,31-32,40H,10-18,20-23H2,1-2H3,(H,36,41)(H,37,42)/t26-,27-,28+,31-,32+/m0/s1. The molecule has 0 aliphatic carbocycles. The molecule has 5 atom stereocenters. The third-order valence-electron chi connectivity index (χ3n) is 9.66. The molecule has 0 aromatic heterocycles. The molecule has 0 saturated carbocycles. The van der Waals surface area contributed by atoms with Gasteiger partial charge in [-0.2, -0.15) is 4.31 Å². The van der Waals surface area contributed by atoms with Gasteiger partial charge in [-0.1, -0.05) is 44.2 Å². The number of aliphatic hydroxyl groups is 1. The van der Waals surface area contributed by atoms with E-state index in [0.29, 0.717) is 63.8 Å².